The molecular formula is C16H33N3O2S. The first-order valence-electron chi connectivity index (χ1n) is 7.81. The molecule has 0 bridgehead atoms. The summed E-state index contributed by atoms with van der Waals surface area (Å²) in [6, 6.07) is 0. The minimum absolute atomic E-state index is 0. The molecule has 0 aliphatic carbocycles. The third kappa shape index (κ3) is 9.95. The molecule has 0 aliphatic rings. The van der Waals surface area contributed by atoms with Gasteiger partial charge in [-0.15, -0.1) is 0 Å². The third-order valence-corrected chi connectivity index (χ3v) is 3.12. The van der Waals surface area contributed by atoms with Crippen LogP contribution in [0.1, 0.15) is 66.5 Å². The number of aromatic amines is 1. The van der Waals surface area contributed by atoms with Crippen molar-refractivity contribution in [1.29, 1.82) is 0 Å². The number of nitrogens with zero attached hydrogens (tertiary/aromatic N) is 2. The molecule has 1 rings (SSSR count). The zero-order chi connectivity index (χ0) is 16.3. The fourth-order valence-corrected chi connectivity index (χ4v) is 1.55. The zero-order valence-electron chi connectivity index (χ0n) is 14.9. The maximum Gasteiger partial charge on any atom is 0.137 e. The van der Waals surface area contributed by atoms with E-state index in [0.717, 1.165) is 12.1 Å². The molecule has 22 heavy (non-hydrogen) atoms. The van der Waals surface area contributed by atoms with E-state index in [0.29, 0.717) is 19.6 Å². The van der Waals surface area contributed by atoms with Crippen molar-refractivity contribution in [2.75, 3.05) is 13.2 Å². The molecule has 0 unspecified atom stereocenters. The molecule has 0 saturated heterocycles. The molecular weight excluding hydrogens is 298 g/mol. The van der Waals surface area contributed by atoms with E-state index in [4.69, 9.17) is 4.74 Å². The van der Waals surface area contributed by atoms with E-state index in [2.05, 4.69) is 43.1 Å². The van der Waals surface area contributed by atoms with E-state index < -0.39 is 0 Å². The number of nitrogens with one attached hydrogen (secondary N) is 1. The number of aromatic nitrogens is 3. The predicted molar refractivity (Wildman–Crippen MR) is 95.7 cm³/mol. The Kier molecular flexibility index (Phi) is 13.4. The number of Topliss-reactive ketones (excluding diaryl/α,β-unsaturated/α-hetero) is 1. The monoisotopic (exact) mass is 331 g/mol. The van der Waals surface area contributed by atoms with Crippen LogP contribution in [0.2, 0.25) is 0 Å². The van der Waals surface area contributed by atoms with E-state index >= 15 is 0 Å². The molecule has 0 atom stereocenters. The van der Waals surface area contributed by atoms with Crippen LogP contribution in [-0.4, -0.2) is 34.4 Å². The quantitative estimate of drug-likeness (QED) is 0.739. The molecule has 0 aromatic carbocycles. The van der Waals surface area contributed by atoms with Crippen molar-refractivity contribution in [2.24, 2.45) is 5.92 Å². The van der Waals surface area contributed by atoms with Gasteiger partial charge in [-0.3, -0.25) is 4.79 Å². The Hall–Kier alpha value is -0.880. The van der Waals surface area contributed by atoms with Gasteiger partial charge in [0.1, 0.15) is 5.78 Å². The summed E-state index contributed by atoms with van der Waals surface area (Å²) in [7, 11) is 0. The second-order valence-electron chi connectivity index (χ2n) is 6.18. The molecule has 6 heteroatoms. The van der Waals surface area contributed by atoms with Crippen molar-refractivity contribution in [3.63, 3.8) is 0 Å². The first-order chi connectivity index (χ1) is 9.85. The minimum atomic E-state index is -0.0605. The summed E-state index contributed by atoms with van der Waals surface area (Å²) >= 11 is 0. The van der Waals surface area contributed by atoms with E-state index in [1.165, 1.54) is 6.42 Å². The SMILES string of the molecule is CC(C)C(=O)CCOCCC(C)(C)c1cn[nH]n1.CCC.S. The average Bonchev–Trinajstić information content (AvgIpc) is 2.93. The van der Waals surface area contributed by atoms with Crippen LogP contribution in [0.25, 0.3) is 0 Å². The van der Waals surface area contributed by atoms with Crippen LogP contribution in [0.5, 0.6) is 0 Å². The van der Waals surface area contributed by atoms with Gasteiger partial charge in [-0.1, -0.05) is 48.0 Å². The van der Waals surface area contributed by atoms with E-state index in [1.54, 1.807) is 6.20 Å². The topological polar surface area (TPSA) is 67.9 Å². The molecule has 5 nitrogen and oxygen atoms in total. The molecule has 130 valence electrons. The fraction of sp³-hybridized carbons (Fsp3) is 0.812. The average molecular weight is 332 g/mol. The Balaban J connectivity index is 0. The summed E-state index contributed by atoms with van der Waals surface area (Å²) in [5, 5.41) is 10.5. The first-order valence-corrected chi connectivity index (χ1v) is 7.81. The lowest BCUT2D eigenvalue weighted by molar-refractivity contribution is -0.123. The number of hydrogen-bond donors (Lipinski definition) is 1. The van der Waals surface area contributed by atoms with Gasteiger partial charge in [-0.2, -0.15) is 28.9 Å². The number of rotatable bonds is 8. The van der Waals surface area contributed by atoms with Crippen LogP contribution >= 0.6 is 13.5 Å². The van der Waals surface area contributed by atoms with E-state index in [9.17, 15) is 4.79 Å². The highest BCUT2D eigenvalue weighted by Crippen LogP contribution is 2.24. The van der Waals surface area contributed by atoms with Crippen molar-refractivity contribution in [1.82, 2.24) is 15.4 Å². The van der Waals surface area contributed by atoms with Crippen molar-refractivity contribution in [3.8, 4) is 0 Å². The fourth-order valence-electron chi connectivity index (χ4n) is 1.55. The Morgan fingerprint density at radius 3 is 2.36 bits per heavy atom. The number of ketones is 1. The largest absolute Gasteiger partial charge is 0.381 e. The standard InChI is InChI=1S/C13H23N3O2.C3H8.H2S/c1-10(2)11(17)5-7-18-8-6-13(3,4)12-9-14-16-15-12;1-3-2;/h9-10H,5-8H2,1-4H3,(H,14,15,16);3H2,1-2H3;1H2. The van der Waals surface area contributed by atoms with Crippen LogP contribution in [0, 0.1) is 5.92 Å². The van der Waals surface area contributed by atoms with Gasteiger partial charge in [0.15, 0.2) is 0 Å². The van der Waals surface area contributed by atoms with Crippen molar-refractivity contribution < 1.29 is 9.53 Å². The van der Waals surface area contributed by atoms with Crippen LogP contribution < -0.4 is 0 Å². The van der Waals surface area contributed by atoms with E-state index in [1.807, 2.05) is 13.8 Å². The third-order valence-electron chi connectivity index (χ3n) is 3.12. The summed E-state index contributed by atoms with van der Waals surface area (Å²) in [4.78, 5) is 11.4. The highest BCUT2D eigenvalue weighted by molar-refractivity contribution is 7.59. The van der Waals surface area contributed by atoms with Gasteiger partial charge in [0, 0.05) is 24.4 Å². The lowest BCUT2D eigenvalue weighted by Gasteiger charge is -2.21. The highest BCUT2D eigenvalue weighted by Gasteiger charge is 2.23. The normalized spacial score (nSPS) is 10.7. The van der Waals surface area contributed by atoms with Gasteiger partial charge in [-0.25, -0.2) is 0 Å². The Morgan fingerprint density at radius 1 is 1.32 bits per heavy atom. The van der Waals surface area contributed by atoms with Crippen LogP contribution in [0.3, 0.4) is 0 Å². The smallest absolute Gasteiger partial charge is 0.137 e. The molecule has 0 radical (unpaired) electrons. The molecule has 1 aromatic rings. The summed E-state index contributed by atoms with van der Waals surface area (Å²) < 4.78 is 5.51. The van der Waals surface area contributed by atoms with Gasteiger partial charge < -0.3 is 4.74 Å². The molecule has 1 heterocycles. The maximum absolute atomic E-state index is 11.4. The van der Waals surface area contributed by atoms with Gasteiger partial charge in [0.2, 0.25) is 0 Å². The number of H-pyrrole nitrogens is 1. The highest BCUT2D eigenvalue weighted by atomic mass is 32.1. The molecule has 1 N–H and O–H groups in total. The number of ether oxygens (including phenoxy) is 1. The molecule has 0 fully saturated rings. The summed E-state index contributed by atoms with van der Waals surface area (Å²) in [5.74, 6) is 0.353. The summed E-state index contributed by atoms with van der Waals surface area (Å²) in [6.45, 7) is 13.4. The van der Waals surface area contributed by atoms with Gasteiger partial charge in [-0.05, 0) is 6.42 Å². The summed E-state index contributed by atoms with van der Waals surface area (Å²) in [5.41, 5.74) is 0.874. The number of carbonyl (C=O) groups excluding carboxylic acids is 1. The number of carbonyl (C=O) groups is 1. The molecule has 0 saturated carbocycles. The maximum atomic E-state index is 11.4. The number of hydrogen-bond acceptors (Lipinski definition) is 4. The Labute approximate surface area is 142 Å². The second kappa shape index (κ2) is 12.6. The van der Waals surface area contributed by atoms with Crippen molar-refractivity contribution in [3.05, 3.63) is 11.9 Å². The van der Waals surface area contributed by atoms with Gasteiger partial charge in [0.25, 0.3) is 0 Å². The lowest BCUT2D eigenvalue weighted by Crippen LogP contribution is -2.21. The van der Waals surface area contributed by atoms with Gasteiger partial charge >= 0.3 is 0 Å². The zero-order valence-corrected chi connectivity index (χ0v) is 15.9. The van der Waals surface area contributed by atoms with Gasteiger partial charge in [0.05, 0.1) is 18.5 Å². The van der Waals surface area contributed by atoms with Crippen LogP contribution in [0.4, 0.5) is 0 Å². The van der Waals surface area contributed by atoms with Crippen molar-refractivity contribution in [2.45, 2.75) is 66.2 Å². The van der Waals surface area contributed by atoms with Crippen LogP contribution in [-0.2, 0) is 14.9 Å². The summed E-state index contributed by atoms with van der Waals surface area (Å²) in [6.07, 6.45) is 4.35. The molecule has 0 spiro atoms. The lowest BCUT2D eigenvalue weighted by atomic mass is 9.86. The first kappa shape index (κ1) is 23.4. The minimum Gasteiger partial charge on any atom is -0.381 e. The Bertz CT molecular complexity index is 379. The molecule has 1 aromatic heterocycles. The van der Waals surface area contributed by atoms with Crippen LogP contribution in [0.15, 0.2) is 6.20 Å². The Morgan fingerprint density at radius 2 is 1.91 bits per heavy atom. The van der Waals surface area contributed by atoms with E-state index in [-0.39, 0.29) is 30.6 Å². The molecule has 0 amide bonds. The molecule has 0 aliphatic heterocycles. The second-order valence-corrected chi connectivity index (χ2v) is 6.18. The predicted octanol–water partition coefficient (Wildman–Crippen LogP) is 3.63. The van der Waals surface area contributed by atoms with Crippen molar-refractivity contribution >= 4 is 19.3 Å².